The highest BCUT2D eigenvalue weighted by molar-refractivity contribution is 5.51. The van der Waals surface area contributed by atoms with Crippen molar-refractivity contribution in [2.24, 2.45) is 0 Å². The topological polar surface area (TPSA) is 29.3 Å². The van der Waals surface area contributed by atoms with Crippen LogP contribution in [0.2, 0.25) is 0 Å². The van der Waals surface area contributed by atoms with Crippen molar-refractivity contribution in [1.82, 2.24) is 9.38 Å². The number of benzene rings is 1. The Labute approximate surface area is 112 Å². The SMILES string of the molecule is Cc1ccccc1C(C)Nc1cccc2nccn12. The molecule has 0 saturated carbocycles. The number of hydrogen-bond donors (Lipinski definition) is 1. The molecule has 19 heavy (non-hydrogen) atoms. The molecule has 1 atom stereocenters. The maximum absolute atomic E-state index is 4.30. The van der Waals surface area contributed by atoms with Crippen molar-refractivity contribution in [1.29, 1.82) is 0 Å². The molecule has 0 saturated heterocycles. The Morgan fingerprint density at radius 3 is 2.79 bits per heavy atom. The fraction of sp³-hybridized carbons (Fsp3) is 0.188. The smallest absolute Gasteiger partial charge is 0.138 e. The lowest BCUT2D eigenvalue weighted by Gasteiger charge is -2.18. The van der Waals surface area contributed by atoms with E-state index in [-0.39, 0.29) is 6.04 Å². The molecule has 2 aromatic heterocycles. The van der Waals surface area contributed by atoms with E-state index in [0.717, 1.165) is 11.5 Å². The summed E-state index contributed by atoms with van der Waals surface area (Å²) < 4.78 is 2.06. The first kappa shape index (κ1) is 11.8. The zero-order valence-corrected chi connectivity index (χ0v) is 11.2. The van der Waals surface area contributed by atoms with E-state index in [1.54, 1.807) is 0 Å². The van der Waals surface area contributed by atoms with E-state index in [9.17, 15) is 0 Å². The summed E-state index contributed by atoms with van der Waals surface area (Å²) in [5.74, 6) is 1.06. The number of nitrogens with zero attached hydrogens (tertiary/aromatic N) is 2. The molecule has 2 heterocycles. The molecule has 0 aliphatic carbocycles. The van der Waals surface area contributed by atoms with Gasteiger partial charge in [0.05, 0.1) is 6.04 Å². The second kappa shape index (κ2) is 4.76. The van der Waals surface area contributed by atoms with Crippen LogP contribution in [0.1, 0.15) is 24.1 Å². The first-order valence-corrected chi connectivity index (χ1v) is 6.50. The van der Waals surface area contributed by atoms with Crippen LogP contribution < -0.4 is 5.32 Å². The zero-order chi connectivity index (χ0) is 13.2. The van der Waals surface area contributed by atoms with Crippen molar-refractivity contribution in [3.05, 3.63) is 66.0 Å². The minimum absolute atomic E-state index is 0.259. The summed E-state index contributed by atoms with van der Waals surface area (Å²) in [6.07, 6.45) is 3.79. The molecule has 96 valence electrons. The monoisotopic (exact) mass is 251 g/mol. The molecule has 0 spiro atoms. The van der Waals surface area contributed by atoms with Crippen molar-refractivity contribution in [2.75, 3.05) is 5.32 Å². The minimum atomic E-state index is 0.259. The van der Waals surface area contributed by atoms with Crippen LogP contribution in [0, 0.1) is 6.92 Å². The Hall–Kier alpha value is -2.29. The molecule has 0 bridgehead atoms. The van der Waals surface area contributed by atoms with E-state index in [4.69, 9.17) is 0 Å². The molecule has 0 aliphatic heterocycles. The lowest BCUT2D eigenvalue weighted by molar-refractivity contribution is 0.859. The second-order valence-electron chi connectivity index (χ2n) is 4.79. The highest BCUT2D eigenvalue weighted by Gasteiger charge is 2.09. The molecule has 3 heteroatoms. The first-order chi connectivity index (χ1) is 9.25. The Morgan fingerprint density at radius 2 is 1.95 bits per heavy atom. The number of hydrogen-bond acceptors (Lipinski definition) is 2. The molecule has 0 fully saturated rings. The molecule has 1 aromatic carbocycles. The predicted octanol–water partition coefficient (Wildman–Crippen LogP) is 3.82. The average Bonchev–Trinajstić information content (AvgIpc) is 2.88. The van der Waals surface area contributed by atoms with Crippen LogP contribution in [-0.4, -0.2) is 9.38 Å². The van der Waals surface area contributed by atoms with Crippen LogP contribution in [0.5, 0.6) is 0 Å². The standard InChI is InChI=1S/C16H17N3/c1-12-6-3-4-7-14(12)13(2)18-16-9-5-8-15-17-10-11-19(15)16/h3-11,13,18H,1-2H3. The Balaban J connectivity index is 1.93. The number of aryl methyl sites for hydroxylation is 1. The fourth-order valence-electron chi connectivity index (χ4n) is 2.44. The number of anilines is 1. The highest BCUT2D eigenvalue weighted by Crippen LogP contribution is 2.22. The minimum Gasteiger partial charge on any atom is -0.365 e. The highest BCUT2D eigenvalue weighted by atomic mass is 15.1. The van der Waals surface area contributed by atoms with Crippen LogP contribution in [0.25, 0.3) is 5.65 Å². The molecular weight excluding hydrogens is 234 g/mol. The van der Waals surface area contributed by atoms with Crippen molar-refractivity contribution in [2.45, 2.75) is 19.9 Å². The van der Waals surface area contributed by atoms with Gasteiger partial charge >= 0.3 is 0 Å². The summed E-state index contributed by atoms with van der Waals surface area (Å²) >= 11 is 0. The van der Waals surface area contributed by atoms with Gasteiger partial charge in [0, 0.05) is 12.4 Å². The van der Waals surface area contributed by atoms with Crippen molar-refractivity contribution < 1.29 is 0 Å². The number of rotatable bonds is 3. The van der Waals surface area contributed by atoms with Crippen molar-refractivity contribution >= 4 is 11.5 Å². The largest absolute Gasteiger partial charge is 0.365 e. The molecule has 0 amide bonds. The number of fused-ring (bicyclic) bond motifs is 1. The normalized spacial score (nSPS) is 12.5. The van der Waals surface area contributed by atoms with Crippen LogP contribution in [-0.2, 0) is 0 Å². The van der Waals surface area contributed by atoms with Gasteiger partial charge in [-0.1, -0.05) is 30.3 Å². The third-order valence-electron chi connectivity index (χ3n) is 3.45. The summed E-state index contributed by atoms with van der Waals surface area (Å²) in [5.41, 5.74) is 3.59. The van der Waals surface area contributed by atoms with E-state index in [1.807, 2.05) is 24.5 Å². The van der Waals surface area contributed by atoms with Gasteiger partial charge in [0.15, 0.2) is 0 Å². The van der Waals surface area contributed by atoms with Crippen molar-refractivity contribution in [3.8, 4) is 0 Å². The maximum atomic E-state index is 4.30. The third-order valence-corrected chi connectivity index (χ3v) is 3.45. The molecule has 0 radical (unpaired) electrons. The average molecular weight is 251 g/mol. The maximum Gasteiger partial charge on any atom is 0.138 e. The first-order valence-electron chi connectivity index (χ1n) is 6.50. The van der Waals surface area contributed by atoms with Gasteiger partial charge in [-0.2, -0.15) is 0 Å². The van der Waals surface area contributed by atoms with Crippen LogP contribution in [0.15, 0.2) is 54.9 Å². The van der Waals surface area contributed by atoms with Gasteiger partial charge < -0.3 is 5.32 Å². The van der Waals surface area contributed by atoms with E-state index in [0.29, 0.717) is 0 Å². The Morgan fingerprint density at radius 1 is 1.11 bits per heavy atom. The van der Waals surface area contributed by atoms with Gasteiger partial charge in [-0.05, 0) is 37.1 Å². The summed E-state index contributed by atoms with van der Waals surface area (Å²) in [6, 6.07) is 14.8. The van der Waals surface area contributed by atoms with Crippen LogP contribution >= 0.6 is 0 Å². The van der Waals surface area contributed by atoms with Gasteiger partial charge in [0.25, 0.3) is 0 Å². The van der Waals surface area contributed by atoms with Gasteiger partial charge in [0.2, 0.25) is 0 Å². The van der Waals surface area contributed by atoms with Gasteiger partial charge in [-0.3, -0.25) is 4.40 Å². The van der Waals surface area contributed by atoms with Crippen LogP contribution in [0.3, 0.4) is 0 Å². The van der Waals surface area contributed by atoms with Crippen molar-refractivity contribution in [3.63, 3.8) is 0 Å². The predicted molar refractivity (Wildman–Crippen MR) is 78.4 cm³/mol. The molecule has 3 nitrogen and oxygen atoms in total. The van der Waals surface area contributed by atoms with Gasteiger partial charge in [-0.15, -0.1) is 0 Å². The summed E-state index contributed by atoms with van der Waals surface area (Å²) in [6.45, 7) is 4.32. The van der Waals surface area contributed by atoms with E-state index >= 15 is 0 Å². The molecule has 3 aromatic rings. The third kappa shape index (κ3) is 2.19. The molecule has 1 N–H and O–H groups in total. The van der Waals surface area contributed by atoms with E-state index in [2.05, 4.69) is 58.9 Å². The number of imidazole rings is 1. The Bertz CT molecular complexity index is 700. The second-order valence-corrected chi connectivity index (χ2v) is 4.79. The molecule has 1 unspecified atom stereocenters. The van der Waals surface area contributed by atoms with E-state index in [1.165, 1.54) is 11.1 Å². The number of pyridine rings is 1. The van der Waals surface area contributed by atoms with Crippen LogP contribution in [0.4, 0.5) is 5.82 Å². The lowest BCUT2D eigenvalue weighted by Crippen LogP contribution is -2.10. The molecule has 3 rings (SSSR count). The summed E-state index contributed by atoms with van der Waals surface area (Å²) in [4.78, 5) is 4.30. The van der Waals surface area contributed by atoms with Gasteiger partial charge in [-0.25, -0.2) is 4.98 Å². The zero-order valence-electron chi connectivity index (χ0n) is 11.2. The summed E-state index contributed by atoms with van der Waals surface area (Å²) in [5, 5.41) is 3.55. The Kier molecular flexibility index (Phi) is 2.95. The summed E-state index contributed by atoms with van der Waals surface area (Å²) in [7, 11) is 0. The molecular formula is C16H17N3. The molecule has 0 aliphatic rings. The lowest BCUT2D eigenvalue weighted by atomic mass is 10.0. The quantitative estimate of drug-likeness (QED) is 0.767. The van der Waals surface area contributed by atoms with E-state index < -0.39 is 0 Å². The van der Waals surface area contributed by atoms with Gasteiger partial charge in [0.1, 0.15) is 11.5 Å². The number of aromatic nitrogens is 2. The number of nitrogens with one attached hydrogen (secondary N) is 1. The fourth-order valence-corrected chi connectivity index (χ4v) is 2.44.